The molecule has 2 aromatic heterocycles. The standard InChI is InChI=1S/C19H24N6O2/c1-12-5-6-16(13(2)9-12)25-19-15(10-22-25)18(23-14(3)24-19)21-8-7-20-17(26)11-27-4/h5-6,9-10H,7-8,11H2,1-4H3,(H,20,26)(H,21,23,24). The second kappa shape index (κ2) is 8.13. The van der Waals surface area contributed by atoms with Gasteiger partial charge in [-0.05, 0) is 32.4 Å². The second-order valence-corrected chi connectivity index (χ2v) is 6.41. The first-order chi connectivity index (χ1) is 13.0. The number of hydrogen-bond acceptors (Lipinski definition) is 6. The van der Waals surface area contributed by atoms with E-state index in [4.69, 9.17) is 4.74 Å². The summed E-state index contributed by atoms with van der Waals surface area (Å²) in [4.78, 5) is 20.5. The summed E-state index contributed by atoms with van der Waals surface area (Å²) >= 11 is 0. The van der Waals surface area contributed by atoms with Gasteiger partial charge in [-0.25, -0.2) is 14.6 Å². The monoisotopic (exact) mass is 368 g/mol. The molecule has 0 saturated carbocycles. The Hall–Kier alpha value is -3.00. The summed E-state index contributed by atoms with van der Waals surface area (Å²) in [5, 5.41) is 11.4. The Morgan fingerprint density at radius 3 is 2.74 bits per heavy atom. The van der Waals surface area contributed by atoms with Gasteiger partial charge in [0.25, 0.3) is 0 Å². The third kappa shape index (κ3) is 4.22. The van der Waals surface area contributed by atoms with Crippen LogP contribution >= 0.6 is 0 Å². The van der Waals surface area contributed by atoms with E-state index in [1.807, 2.05) is 17.7 Å². The van der Waals surface area contributed by atoms with E-state index >= 15 is 0 Å². The van der Waals surface area contributed by atoms with Gasteiger partial charge in [0.1, 0.15) is 18.2 Å². The van der Waals surface area contributed by atoms with Crippen LogP contribution in [0.25, 0.3) is 16.7 Å². The Morgan fingerprint density at radius 2 is 2.00 bits per heavy atom. The van der Waals surface area contributed by atoms with Crippen molar-refractivity contribution in [1.82, 2.24) is 25.1 Å². The van der Waals surface area contributed by atoms with E-state index in [-0.39, 0.29) is 12.5 Å². The molecule has 0 aliphatic carbocycles. The van der Waals surface area contributed by atoms with E-state index in [0.717, 1.165) is 22.3 Å². The van der Waals surface area contributed by atoms with Crippen molar-refractivity contribution in [2.75, 3.05) is 32.1 Å². The van der Waals surface area contributed by atoms with Crippen molar-refractivity contribution in [3.63, 3.8) is 0 Å². The van der Waals surface area contributed by atoms with Gasteiger partial charge in [0.2, 0.25) is 5.91 Å². The number of methoxy groups -OCH3 is 1. The zero-order chi connectivity index (χ0) is 19.4. The molecule has 27 heavy (non-hydrogen) atoms. The Labute approximate surface area is 158 Å². The highest BCUT2D eigenvalue weighted by Crippen LogP contribution is 2.24. The van der Waals surface area contributed by atoms with Crippen LogP contribution in [0.2, 0.25) is 0 Å². The minimum absolute atomic E-state index is 0.0551. The van der Waals surface area contributed by atoms with Crippen LogP contribution in [-0.4, -0.2) is 52.5 Å². The highest BCUT2D eigenvalue weighted by atomic mass is 16.5. The molecule has 0 atom stereocenters. The molecule has 8 heteroatoms. The summed E-state index contributed by atoms with van der Waals surface area (Å²) in [6.45, 7) is 7.04. The molecule has 0 spiro atoms. The van der Waals surface area contributed by atoms with E-state index in [0.29, 0.717) is 24.7 Å². The number of fused-ring (bicyclic) bond motifs is 1. The van der Waals surface area contributed by atoms with Gasteiger partial charge >= 0.3 is 0 Å². The molecule has 0 radical (unpaired) electrons. The number of carbonyl (C=O) groups is 1. The summed E-state index contributed by atoms with van der Waals surface area (Å²) in [6.07, 6.45) is 1.76. The largest absolute Gasteiger partial charge is 0.375 e. The topological polar surface area (TPSA) is 94.0 Å². The fraction of sp³-hybridized carbons (Fsp3) is 0.368. The third-order valence-electron chi connectivity index (χ3n) is 4.14. The lowest BCUT2D eigenvalue weighted by atomic mass is 10.1. The van der Waals surface area contributed by atoms with Crippen molar-refractivity contribution in [3.8, 4) is 5.69 Å². The number of nitrogens with zero attached hydrogens (tertiary/aromatic N) is 4. The number of aromatic nitrogens is 4. The predicted octanol–water partition coefficient (Wildman–Crippen LogP) is 1.92. The van der Waals surface area contributed by atoms with E-state index in [2.05, 4.69) is 51.7 Å². The first-order valence-electron chi connectivity index (χ1n) is 8.79. The van der Waals surface area contributed by atoms with Crippen LogP contribution in [0.15, 0.2) is 24.4 Å². The maximum Gasteiger partial charge on any atom is 0.246 e. The molecule has 1 aromatic carbocycles. The van der Waals surface area contributed by atoms with Gasteiger partial charge in [-0.3, -0.25) is 4.79 Å². The molecule has 3 rings (SSSR count). The van der Waals surface area contributed by atoms with E-state index in [9.17, 15) is 4.79 Å². The maximum absolute atomic E-state index is 11.4. The zero-order valence-electron chi connectivity index (χ0n) is 16.0. The average Bonchev–Trinajstić information content (AvgIpc) is 3.02. The van der Waals surface area contributed by atoms with Gasteiger partial charge in [0.05, 0.1) is 17.3 Å². The summed E-state index contributed by atoms with van der Waals surface area (Å²) in [6, 6.07) is 6.23. The molecule has 1 amide bonds. The molecule has 3 aromatic rings. The highest BCUT2D eigenvalue weighted by Gasteiger charge is 2.14. The average molecular weight is 368 g/mol. The molecule has 2 heterocycles. The number of aryl methyl sites for hydroxylation is 3. The van der Waals surface area contributed by atoms with Gasteiger partial charge in [-0.15, -0.1) is 0 Å². The first-order valence-corrected chi connectivity index (χ1v) is 8.79. The molecule has 0 fully saturated rings. The Kier molecular flexibility index (Phi) is 5.66. The fourth-order valence-corrected chi connectivity index (χ4v) is 2.94. The number of nitrogens with one attached hydrogen (secondary N) is 2. The van der Waals surface area contributed by atoms with Gasteiger partial charge in [0.15, 0.2) is 5.65 Å². The Bertz CT molecular complexity index is 966. The Balaban J connectivity index is 1.84. The van der Waals surface area contributed by atoms with Crippen LogP contribution in [0.5, 0.6) is 0 Å². The van der Waals surface area contributed by atoms with Crippen LogP contribution in [0.3, 0.4) is 0 Å². The molecule has 0 saturated heterocycles. The van der Waals surface area contributed by atoms with E-state index in [1.165, 1.54) is 12.7 Å². The van der Waals surface area contributed by atoms with E-state index < -0.39 is 0 Å². The summed E-state index contributed by atoms with van der Waals surface area (Å²) in [7, 11) is 1.49. The van der Waals surface area contributed by atoms with Gasteiger partial charge in [0, 0.05) is 20.2 Å². The molecule has 0 unspecified atom stereocenters. The molecule has 0 bridgehead atoms. The van der Waals surface area contributed by atoms with Crippen molar-refractivity contribution in [2.45, 2.75) is 20.8 Å². The minimum Gasteiger partial charge on any atom is -0.375 e. The van der Waals surface area contributed by atoms with Crippen molar-refractivity contribution in [1.29, 1.82) is 0 Å². The van der Waals surface area contributed by atoms with E-state index in [1.54, 1.807) is 6.20 Å². The molecular formula is C19H24N6O2. The number of ether oxygens (including phenoxy) is 1. The number of benzene rings is 1. The molecule has 142 valence electrons. The van der Waals surface area contributed by atoms with Crippen LogP contribution in [0.4, 0.5) is 5.82 Å². The lowest BCUT2D eigenvalue weighted by molar-refractivity contribution is -0.124. The molecule has 0 aliphatic heterocycles. The third-order valence-corrected chi connectivity index (χ3v) is 4.14. The van der Waals surface area contributed by atoms with Crippen LogP contribution in [-0.2, 0) is 9.53 Å². The van der Waals surface area contributed by atoms with Gasteiger partial charge < -0.3 is 15.4 Å². The molecule has 2 N–H and O–H groups in total. The number of rotatable bonds is 7. The number of anilines is 1. The SMILES string of the molecule is COCC(=O)NCCNc1nc(C)nc2c1cnn2-c1ccc(C)cc1C. The van der Waals surface area contributed by atoms with Crippen molar-refractivity contribution >= 4 is 22.8 Å². The molecular weight excluding hydrogens is 344 g/mol. The highest BCUT2D eigenvalue weighted by molar-refractivity contribution is 5.87. The normalized spacial score (nSPS) is 11.0. The van der Waals surface area contributed by atoms with Gasteiger partial charge in [-0.2, -0.15) is 5.10 Å². The second-order valence-electron chi connectivity index (χ2n) is 6.41. The van der Waals surface area contributed by atoms with Crippen LogP contribution in [0.1, 0.15) is 17.0 Å². The lowest BCUT2D eigenvalue weighted by Crippen LogP contribution is -2.31. The molecule has 8 nitrogen and oxygen atoms in total. The maximum atomic E-state index is 11.4. The van der Waals surface area contributed by atoms with Gasteiger partial charge in [-0.1, -0.05) is 17.7 Å². The smallest absolute Gasteiger partial charge is 0.246 e. The number of carbonyl (C=O) groups excluding carboxylic acids is 1. The van der Waals surface area contributed by atoms with Crippen molar-refractivity contribution in [2.24, 2.45) is 0 Å². The lowest BCUT2D eigenvalue weighted by Gasteiger charge is -2.10. The predicted molar refractivity (Wildman–Crippen MR) is 104 cm³/mol. The summed E-state index contributed by atoms with van der Waals surface area (Å²) in [5.41, 5.74) is 4.08. The van der Waals surface area contributed by atoms with Crippen molar-refractivity contribution in [3.05, 3.63) is 41.3 Å². The quantitative estimate of drug-likeness (QED) is 0.619. The molecule has 0 aliphatic rings. The van der Waals surface area contributed by atoms with Crippen LogP contribution < -0.4 is 10.6 Å². The first kappa shape index (κ1) is 18.8. The Morgan fingerprint density at radius 1 is 1.19 bits per heavy atom. The number of hydrogen-bond donors (Lipinski definition) is 2. The van der Waals surface area contributed by atoms with Crippen molar-refractivity contribution < 1.29 is 9.53 Å². The fourth-order valence-electron chi connectivity index (χ4n) is 2.94. The summed E-state index contributed by atoms with van der Waals surface area (Å²) in [5.74, 6) is 1.21. The minimum atomic E-state index is -0.147. The number of amides is 1. The zero-order valence-corrected chi connectivity index (χ0v) is 16.0. The van der Waals surface area contributed by atoms with Crippen LogP contribution in [0, 0.1) is 20.8 Å². The summed E-state index contributed by atoms with van der Waals surface area (Å²) < 4.78 is 6.63.